The monoisotopic (exact) mass is 860 g/mol. The van der Waals surface area contributed by atoms with E-state index in [9.17, 15) is 32.7 Å². The fourth-order valence-electron chi connectivity index (χ4n) is 6.44. The van der Waals surface area contributed by atoms with Crippen molar-refractivity contribution in [1.82, 2.24) is 40.8 Å². The van der Waals surface area contributed by atoms with Gasteiger partial charge in [0.2, 0.25) is 11.7 Å². The maximum Gasteiger partial charge on any atom is 0.416 e. The van der Waals surface area contributed by atoms with E-state index in [4.69, 9.17) is 16.3 Å². The van der Waals surface area contributed by atoms with Crippen molar-refractivity contribution < 1.29 is 37.4 Å². The third kappa shape index (κ3) is 10.8. The van der Waals surface area contributed by atoms with Gasteiger partial charge in [-0.2, -0.15) is 18.4 Å². The van der Waals surface area contributed by atoms with Crippen LogP contribution in [0.25, 0.3) is 22.5 Å². The summed E-state index contributed by atoms with van der Waals surface area (Å²) in [6, 6.07) is 25.7. The van der Waals surface area contributed by atoms with Crippen molar-refractivity contribution in [3.63, 3.8) is 0 Å². The zero-order valence-electron chi connectivity index (χ0n) is 32.4. The number of alkyl halides is 3. The standard InChI is InChI=1S/C22H23ClN6O.C20H17F3N2O4S/c1-2-3-8-20-24-21(23)19(14-30)29(20)13-15-9-11-16(12-10-15)17-6-4-5-7-18(17)22-25-27-28-26-22;1-29-15-7-4-12(9-16-18(27)25-19(28)30-16)8-14(15)17(26)24-10-11-2-5-13(6-3-11)20(21,22)23/h4-7,9-12,30H,2-3,8,13-14H2,1H3,(H,25,26,27,28);2-8,16H,9-10H2,1H3,(H,24,26)(H,25,27,28). The summed E-state index contributed by atoms with van der Waals surface area (Å²) >= 11 is 7.15. The molecular formula is C42H40ClF3N8O5S. The Hall–Kier alpha value is -6.04. The minimum atomic E-state index is -4.42. The van der Waals surface area contributed by atoms with Crippen LogP contribution in [0.3, 0.4) is 0 Å². The van der Waals surface area contributed by atoms with Crippen LogP contribution in [-0.2, 0) is 43.5 Å². The topological polar surface area (TPSA) is 177 Å². The van der Waals surface area contributed by atoms with Gasteiger partial charge < -0.3 is 19.7 Å². The number of imidazole rings is 1. The summed E-state index contributed by atoms with van der Waals surface area (Å²) in [5.41, 5.74) is 5.42. The number of tetrazole rings is 1. The number of nitrogens with one attached hydrogen (secondary N) is 3. The Bertz CT molecular complexity index is 2430. The van der Waals surface area contributed by atoms with Crippen LogP contribution in [0.15, 0.2) is 91.0 Å². The van der Waals surface area contributed by atoms with E-state index in [-0.39, 0.29) is 31.0 Å². The minimum Gasteiger partial charge on any atom is -0.496 e. The molecule has 1 saturated heterocycles. The van der Waals surface area contributed by atoms with Crippen LogP contribution in [0.4, 0.5) is 18.0 Å². The predicted molar refractivity (Wildman–Crippen MR) is 220 cm³/mol. The number of nitrogens with zero attached hydrogens (tertiary/aromatic N) is 5. The van der Waals surface area contributed by atoms with E-state index >= 15 is 0 Å². The van der Waals surface area contributed by atoms with Crippen LogP contribution in [0, 0.1) is 0 Å². The second-order valence-corrected chi connectivity index (χ2v) is 15.1. The van der Waals surface area contributed by atoms with Gasteiger partial charge in [0.1, 0.15) is 11.6 Å². The average molecular weight is 861 g/mol. The smallest absolute Gasteiger partial charge is 0.416 e. The molecule has 2 aromatic heterocycles. The minimum absolute atomic E-state index is 0.0275. The van der Waals surface area contributed by atoms with E-state index in [1.54, 1.807) is 18.2 Å². The average Bonchev–Trinajstić information content (AvgIpc) is 3.97. The number of hydrogen-bond donors (Lipinski definition) is 4. The molecule has 0 bridgehead atoms. The van der Waals surface area contributed by atoms with Gasteiger partial charge in [-0.25, -0.2) is 4.98 Å². The van der Waals surface area contributed by atoms with Gasteiger partial charge in [-0.3, -0.25) is 19.7 Å². The summed E-state index contributed by atoms with van der Waals surface area (Å²) in [7, 11) is 1.40. The van der Waals surface area contributed by atoms with Crippen molar-refractivity contribution >= 4 is 40.4 Å². The molecule has 0 aliphatic carbocycles. The van der Waals surface area contributed by atoms with Gasteiger partial charge in [-0.15, -0.1) is 10.2 Å². The zero-order valence-corrected chi connectivity index (χ0v) is 34.0. The van der Waals surface area contributed by atoms with E-state index in [1.165, 1.54) is 19.2 Å². The molecule has 3 amide bonds. The molecule has 1 fully saturated rings. The summed E-state index contributed by atoms with van der Waals surface area (Å²) in [5, 5.41) is 28.4. The highest BCUT2D eigenvalue weighted by molar-refractivity contribution is 8.15. The summed E-state index contributed by atoms with van der Waals surface area (Å²) in [6.07, 6.45) is -1.22. The molecule has 0 saturated carbocycles. The normalized spacial score (nSPS) is 13.8. The fraction of sp³-hybridized carbons (Fsp3) is 0.262. The van der Waals surface area contributed by atoms with Gasteiger partial charge in [-0.05, 0) is 70.1 Å². The van der Waals surface area contributed by atoms with Crippen LogP contribution in [-0.4, -0.2) is 64.7 Å². The first-order chi connectivity index (χ1) is 28.9. The highest BCUT2D eigenvalue weighted by atomic mass is 35.5. The highest BCUT2D eigenvalue weighted by Gasteiger charge is 2.32. The van der Waals surface area contributed by atoms with Crippen molar-refractivity contribution in [3.05, 3.63) is 135 Å². The number of unbranched alkanes of at least 4 members (excludes halogenated alkanes) is 1. The fourth-order valence-corrected chi connectivity index (χ4v) is 7.56. The molecule has 60 heavy (non-hydrogen) atoms. The molecule has 0 spiro atoms. The molecule has 1 aliphatic heterocycles. The largest absolute Gasteiger partial charge is 0.496 e. The lowest BCUT2D eigenvalue weighted by atomic mass is 9.98. The quantitative estimate of drug-likeness (QED) is 0.0845. The number of H-pyrrole nitrogens is 1. The number of carbonyl (C=O) groups excluding carboxylic acids is 3. The first-order valence-electron chi connectivity index (χ1n) is 18.8. The molecule has 18 heteroatoms. The number of rotatable bonds is 14. The van der Waals surface area contributed by atoms with Gasteiger partial charge >= 0.3 is 6.18 Å². The van der Waals surface area contributed by atoms with Crippen molar-refractivity contribution in [1.29, 1.82) is 0 Å². The summed E-state index contributed by atoms with van der Waals surface area (Å²) < 4.78 is 45.2. The maximum atomic E-state index is 12.6. The molecule has 1 unspecified atom stereocenters. The number of aromatic nitrogens is 6. The lowest BCUT2D eigenvalue weighted by Gasteiger charge is -2.13. The number of hydrogen-bond acceptors (Lipinski definition) is 10. The third-order valence-electron chi connectivity index (χ3n) is 9.56. The highest BCUT2D eigenvalue weighted by Crippen LogP contribution is 2.32. The summed E-state index contributed by atoms with van der Waals surface area (Å²) in [5.74, 6) is 0.930. The Labute approximate surface area is 352 Å². The van der Waals surface area contributed by atoms with Gasteiger partial charge in [0.05, 0.1) is 35.8 Å². The number of benzene rings is 4. The number of amides is 3. The van der Waals surface area contributed by atoms with Gasteiger partial charge in [0.25, 0.3) is 11.1 Å². The number of ether oxygens (including phenoxy) is 1. The second kappa shape index (κ2) is 19.8. The Morgan fingerprint density at radius 2 is 1.68 bits per heavy atom. The number of methoxy groups -OCH3 is 1. The van der Waals surface area contributed by atoms with Crippen LogP contribution in [0.5, 0.6) is 5.75 Å². The molecule has 1 aliphatic rings. The molecule has 0 radical (unpaired) electrons. The van der Waals surface area contributed by atoms with E-state index in [1.807, 2.05) is 28.8 Å². The van der Waals surface area contributed by atoms with Crippen LogP contribution in [0.1, 0.15) is 63.9 Å². The van der Waals surface area contributed by atoms with Gasteiger partial charge in [-0.1, -0.05) is 103 Å². The van der Waals surface area contributed by atoms with Crippen molar-refractivity contribution in [2.24, 2.45) is 0 Å². The first kappa shape index (κ1) is 43.5. The molecule has 3 heterocycles. The van der Waals surface area contributed by atoms with Gasteiger partial charge in [0, 0.05) is 25.1 Å². The lowest BCUT2D eigenvalue weighted by Crippen LogP contribution is -2.26. The molecule has 1 atom stereocenters. The number of thioether (sulfide) groups is 1. The van der Waals surface area contributed by atoms with Crippen LogP contribution < -0.4 is 15.4 Å². The molecular weight excluding hydrogens is 821 g/mol. The molecule has 312 valence electrons. The number of carbonyl (C=O) groups is 3. The third-order valence-corrected chi connectivity index (χ3v) is 10.8. The number of aliphatic hydroxyl groups is 1. The first-order valence-corrected chi connectivity index (χ1v) is 20.0. The van der Waals surface area contributed by atoms with Gasteiger partial charge in [0.15, 0.2) is 5.15 Å². The summed E-state index contributed by atoms with van der Waals surface area (Å²) in [4.78, 5) is 40.1. The zero-order chi connectivity index (χ0) is 42.8. The van der Waals surface area contributed by atoms with E-state index in [0.29, 0.717) is 40.1 Å². The Morgan fingerprint density at radius 1 is 0.983 bits per heavy atom. The Balaban J connectivity index is 0.000000201. The number of aromatic amines is 1. The van der Waals surface area contributed by atoms with Crippen LogP contribution >= 0.6 is 23.4 Å². The van der Waals surface area contributed by atoms with E-state index < -0.39 is 28.1 Å². The van der Waals surface area contributed by atoms with E-state index in [0.717, 1.165) is 71.2 Å². The second-order valence-electron chi connectivity index (χ2n) is 13.6. The number of imide groups is 1. The lowest BCUT2D eigenvalue weighted by molar-refractivity contribution is -0.137. The summed E-state index contributed by atoms with van der Waals surface area (Å²) in [6.45, 7) is 2.66. The molecule has 13 nitrogen and oxygen atoms in total. The predicted octanol–water partition coefficient (Wildman–Crippen LogP) is 7.80. The molecule has 4 aromatic carbocycles. The number of aliphatic hydroxyl groups excluding tert-OH is 1. The SMILES string of the molecule is CCCCc1nc(Cl)c(CO)n1Cc1ccc(-c2ccccc2-c2nn[nH]n2)cc1.COc1ccc(CC2SC(=O)NC2=O)cc1C(=O)NCc1ccc(C(F)(F)F)cc1. The van der Waals surface area contributed by atoms with E-state index in [2.05, 4.69) is 67.4 Å². The molecule has 6 aromatic rings. The Kier molecular flexibility index (Phi) is 14.4. The Morgan fingerprint density at radius 3 is 2.30 bits per heavy atom. The number of aryl methyl sites for hydroxylation is 1. The number of halogens is 4. The van der Waals surface area contributed by atoms with Crippen molar-refractivity contribution in [2.45, 2.75) is 63.7 Å². The molecule has 4 N–H and O–H groups in total. The molecule has 7 rings (SSSR count). The van der Waals surface area contributed by atoms with Crippen molar-refractivity contribution in [3.8, 4) is 28.3 Å². The van der Waals surface area contributed by atoms with Crippen LogP contribution in [0.2, 0.25) is 5.15 Å². The maximum absolute atomic E-state index is 12.6. The van der Waals surface area contributed by atoms with Crippen molar-refractivity contribution in [2.75, 3.05) is 7.11 Å².